The van der Waals surface area contributed by atoms with E-state index in [0.29, 0.717) is 5.92 Å². The summed E-state index contributed by atoms with van der Waals surface area (Å²) >= 11 is 0. The minimum absolute atomic E-state index is 0.278. The summed E-state index contributed by atoms with van der Waals surface area (Å²) in [5.74, 6) is 2.49. The van der Waals surface area contributed by atoms with Gasteiger partial charge in [-0.1, -0.05) is 13.3 Å². The van der Waals surface area contributed by atoms with Gasteiger partial charge in [-0.2, -0.15) is 0 Å². The number of hydrogen-bond acceptors (Lipinski definition) is 3. The first-order chi connectivity index (χ1) is 7.26. The monoisotopic (exact) mass is 211 g/mol. The minimum Gasteiger partial charge on any atom is -0.465 e. The van der Waals surface area contributed by atoms with E-state index in [2.05, 4.69) is 12.2 Å². The summed E-state index contributed by atoms with van der Waals surface area (Å²) in [4.78, 5) is 0. The van der Waals surface area contributed by atoms with Crippen LogP contribution in [-0.2, 0) is 6.54 Å². The summed E-state index contributed by atoms with van der Waals surface area (Å²) in [6.45, 7) is 6.09. The predicted octanol–water partition coefficient (Wildman–Crippen LogP) is 2.09. The number of rotatable bonds is 7. The first-order valence-corrected chi connectivity index (χ1v) is 5.63. The third-order valence-electron chi connectivity index (χ3n) is 2.64. The van der Waals surface area contributed by atoms with Gasteiger partial charge in [-0.25, -0.2) is 0 Å². The van der Waals surface area contributed by atoms with E-state index in [4.69, 9.17) is 9.52 Å². The van der Waals surface area contributed by atoms with Crippen LogP contribution in [0.15, 0.2) is 16.5 Å². The highest BCUT2D eigenvalue weighted by Crippen LogP contribution is 2.08. The Morgan fingerprint density at radius 1 is 1.47 bits per heavy atom. The van der Waals surface area contributed by atoms with Crippen LogP contribution in [0.1, 0.15) is 31.3 Å². The van der Waals surface area contributed by atoms with Gasteiger partial charge in [-0.15, -0.1) is 0 Å². The number of nitrogens with one attached hydrogen (secondary N) is 1. The molecule has 1 rings (SSSR count). The summed E-state index contributed by atoms with van der Waals surface area (Å²) in [5.41, 5.74) is 0. The highest BCUT2D eigenvalue weighted by molar-refractivity contribution is 5.05. The molecule has 1 aromatic heterocycles. The Hall–Kier alpha value is -0.800. The molecule has 1 unspecified atom stereocenters. The van der Waals surface area contributed by atoms with E-state index < -0.39 is 0 Å². The van der Waals surface area contributed by atoms with Gasteiger partial charge in [0.25, 0.3) is 0 Å². The van der Waals surface area contributed by atoms with E-state index in [1.54, 1.807) is 0 Å². The van der Waals surface area contributed by atoms with Crippen molar-refractivity contribution in [2.75, 3.05) is 13.2 Å². The lowest BCUT2D eigenvalue weighted by molar-refractivity contribution is 0.250. The van der Waals surface area contributed by atoms with Crippen LogP contribution in [0.4, 0.5) is 0 Å². The van der Waals surface area contributed by atoms with E-state index in [9.17, 15) is 0 Å². The normalized spacial score (nSPS) is 13.0. The van der Waals surface area contributed by atoms with E-state index in [1.165, 1.54) is 0 Å². The number of aryl methyl sites for hydroxylation is 1. The predicted molar refractivity (Wildman–Crippen MR) is 60.6 cm³/mol. The molecule has 0 saturated heterocycles. The Labute approximate surface area is 91.5 Å². The standard InChI is InChI=1S/C12H21NO2/c1-3-11(6-7-14)8-13-9-12-5-4-10(2)15-12/h4-5,11,13-14H,3,6-9H2,1-2H3. The van der Waals surface area contributed by atoms with E-state index >= 15 is 0 Å². The molecule has 0 spiro atoms. The molecule has 0 aliphatic rings. The van der Waals surface area contributed by atoms with Gasteiger partial charge >= 0.3 is 0 Å². The quantitative estimate of drug-likeness (QED) is 0.726. The molecule has 0 amide bonds. The van der Waals surface area contributed by atoms with Crippen molar-refractivity contribution in [1.29, 1.82) is 0 Å². The number of furan rings is 1. The largest absolute Gasteiger partial charge is 0.465 e. The van der Waals surface area contributed by atoms with E-state index in [0.717, 1.165) is 37.5 Å². The first-order valence-electron chi connectivity index (χ1n) is 5.63. The molecule has 1 heterocycles. The lowest BCUT2D eigenvalue weighted by atomic mass is 10.0. The molecule has 3 nitrogen and oxygen atoms in total. The van der Waals surface area contributed by atoms with Crippen molar-refractivity contribution in [2.24, 2.45) is 5.92 Å². The fourth-order valence-corrected chi connectivity index (χ4v) is 1.61. The molecule has 86 valence electrons. The Bertz CT molecular complexity index is 270. The molecule has 0 bridgehead atoms. The van der Waals surface area contributed by atoms with Crippen LogP contribution in [-0.4, -0.2) is 18.3 Å². The van der Waals surface area contributed by atoms with Gasteiger partial charge in [0.1, 0.15) is 11.5 Å². The zero-order valence-corrected chi connectivity index (χ0v) is 9.62. The summed E-state index contributed by atoms with van der Waals surface area (Å²) in [7, 11) is 0. The van der Waals surface area contributed by atoms with Crippen molar-refractivity contribution >= 4 is 0 Å². The minimum atomic E-state index is 0.278. The number of aliphatic hydroxyl groups is 1. The molecule has 15 heavy (non-hydrogen) atoms. The zero-order chi connectivity index (χ0) is 11.1. The topological polar surface area (TPSA) is 45.4 Å². The SMILES string of the molecule is CCC(CCO)CNCc1ccc(C)o1. The molecule has 2 N–H and O–H groups in total. The maximum absolute atomic E-state index is 8.84. The summed E-state index contributed by atoms with van der Waals surface area (Å²) in [6.07, 6.45) is 1.98. The van der Waals surface area contributed by atoms with Gasteiger partial charge in [0, 0.05) is 6.61 Å². The zero-order valence-electron chi connectivity index (χ0n) is 9.62. The van der Waals surface area contributed by atoms with Crippen LogP contribution in [0.3, 0.4) is 0 Å². The maximum atomic E-state index is 8.84. The van der Waals surface area contributed by atoms with Crippen LogP contribution < -0.4 is 5.32 Å². The summed E-state index contributed by atoms with van der Waals surface area (Å²) in [5, 5.41) is 12.2. The van der Waals surface area contributed by atoms with E-state index in [1.807, 2.05) is 19.1 Å². The smallest absolute Gasteiger partial charge is 0.117 e. The van der Waals surface area contributed by atoms with E-state index in [-0.39, 0.29) is 6.61 Å². The third-order valence-corrected chi connectivity index (χ3v) is 2.64. The number of aliphatic hydroxyl groups excluding tert-OH is 1. The Morgan fingerprint density at radius 3 is 2.80 bits per heavy atom. The van der Waals surface area contributed by atoms with Crippen LogP contribution >= 0.6 is 0 Å². The molecular formula is C12H21NO2. The molecule has 0 aromatic carbocycles. The molecule has 0 saturated carbocycles. The summed E-state index contributed by atoms with van der Waals surface area (Å²) in [6, 6.07) is 3.97. The number of hydrogen-bond donors (Lipinski definition) is 2. The van der Waals surface area contributed by atoms with Gasteiger partial charge in [-0.3, -0.25) is 0 Å². The van der Waals surface area contributed by atoms with Crippen LogP contribution in [0.2, 0.25) is 0 Å². The van der Waals surface area contributed by atoms with Crippen molar-refractivity contribution in [3.05, 3.63) is 23.7 Å². The van der Waals surface area contributed by atoms with Crippen molar-refractivity contribution < 1.29 is 9.52 Å². The fraction of sp³-hybridized carbons (Fsp3) is 0.667. The molecule has 0 aliphatic carbocycles. The second kappa shape index (κ2) is 6.64. The Kier molecular flexibility index (Phi) is 5.43. The fourth-order valence-electron chi connectivity index (χ4n) is 1.61. The van der Waals surface area contributed by atoms with Gasteiger partial charge in [-0.05, 0) is 37.9 Å². The van der Waals surface area contributed by atoms with Gasteiger partial charge in [0.05, 0.1) is 6.54 Å². The molecular weight excluding hydrogens is 190 g/mol. The molecule has 1 atom stereocenters. The van der Waals surface area contributed by atoms with Crippen molar-refractivity contribution in [3.63, 3.8) is 0 Å². The molecule has 1 aromatic rings. The third kappa shape index (κ3) is 4.49. The van der Waals surface area contributed by atoms with Gasteiger partial charge in [0.15, 0.2) is 0 Å². The molecule has 0 radical (unpaired) electrons. The Balaban J connectivity index is 2.20. The molecule has 0 fully saturated rings. The second-order valence-corrected chi connectivity index (χ2v) is 3.93. The average Bonchev–Trinajstić information content (AvgIpc) is 2.63. The highest BCUT2D eigenvalue weighted by atomic mass is 16.3. The summed E-state index contributed by atoms with van der Waals surface area (Å²) < 4.78 is 5.45. The van der Waals surface area contributed by atoms with Crippen LogP contribution in [0.5, 0.6) is 0 Å². The van der Waals surface area contributed by atoms with Crippen LogP contribution in [0, 0.1) is 12.8 Å². The van der Waals surface area contributed by atoms with Gasteiger partial charge < -0.3 is 14.8 Å². The first kappa shape index (κ1) is 12.3. The Morgan fingerprint density at radius 2 is 2.27 bits per heavy atom. The van der Waals surface area contributed by atoms with Crippen molar-refractivity contribution in [1.82, 2.24) is 5.32 Å². The van der Waals surface area contributed by atoms with Crippen molar-refractivity contribution in [3.8, 4) is 0 Å². The average molecular weight is 211 g/mol. The second-order valence-electron chi connectivity index (χ2n) is 3.93. The van der Waals surface area contributed by atoms with Crippen molar-refractivity contribution in [2.45, 2.75) is 33.2 Å². The lowest BCUT2D eigenvalue weighted by Gasteiger charge is -2.13. The maximum Gasteiger partial charge on any atom is 0.117 e. The molecule has 0 aliphatic heterocycles. The highest BCUT2D eigenvalue weighted by Gasteiger charge is 2.05. The lowest BCUT2D eigenvalue weighted by Crippen LogP contribution is -2.22. The van der Waals surface area contributed by atoms with Gasteiger partial charge in [0.2, 0.25) is 0 Å². The van der Waals surface area contributed by atoms with Crippen LogP contribution in [0.25, 0.3) is 0 Å². The molecule has 3 heteroatoms.